The molecule has 1 aromatic carbocycles. The number of aromatic nitrogens is 2. The third kappa shape index (κ3) is 3.30. The lowest BCUT2D eigenvalue weighted by Crippen LogP contribution is -2.16. The van der Waals surface area contributed by atoms with Gasteiger partial charge in [-0.05, 0) is 35.3 Å². The number of aliphatic hydroxyl groups is 1. The van der Waals surface area contributed by atoms with Gasteiger partial charge in [0.25, 0.3) is 0 Å². The molecule has 0 radical (unpaired) electrons. The first-order chi connectivity index (χ1) is 9.11. The molecule has 2 N–H and O–H groups in total. The third-order valence-electron chi connectivity index (χ3n) is 2.82. The SMILES string of the molecule is Cc1nc(C)c(Br)c(N[C@H](CO)c2ccccc2)n1. The molecule has 0 aliphatic carbocycles. The van der Waals surface area contributed by atoms with Crippen LogP contribution in [0.5, 0.6) is 0 Å². The number of anilines is 1. The smallest absolute Gasteiger partial charge is 0.144 e. The lowest BCUT2D eigenvalue weighted by molar-refractivity contribution is 0.276. The highest BCUT2D eigenvalue weighted by Gasteiger charge is 2.14. The molecule has 1 atom stereocenters. The second-order valence-corrected chi connectivity index (χ2v) is 5.10. The van der Waals surface area contributed by atoms with E-state index in [1.165, 1.54) is 0 Å². The average Bonchev–Trinajstić information content (AvgIpc) is 2.42. The number of nitrogens with one attached hydrogen (secondary N) is 1. The van der Waals surface area contributed by atoms with Crippen LogP contribution < -0.4 is 5.32 Å². The van der Waals surface area contributed by atoms with E-state index in [1.54, 1.807) is 0 Å². The Bertz CT molecular complexity index is 560. The maximum Gasteiger partial charge on any atom is 0.144 e. The number of benzene rings is 1. The monoisotopic (exact) mass is 321 g/mol. The minimum Gasteiger partial charge on any atom is -0.394 e. The summed E-state index contributed by atoms with van der Waals surface area (Å²) >= 11 is 3.48. The molecular weight excluding hydrogens is 306 g/mol. The van der Waals surface area contributed by atoms with Gasteiger partial charge < -0.3 is 10.4 Å². The molecule has 0 amide bonds. The van der Waals surface area contributed by atoms with Crippen molar-refractivity contribution in [1.82, 2.24) is 9.97 Å². The quantitative estimate of drug-likeness (QED) is 0.908. The summed E-state index contributed by atoms with van der Waals surface area (Å²) in [5.41, 5.74) is 1.89. The maximum absolute atomic E-state index is 9.55. The molecule has 0 saturated heterocycles. The van der Waals surface area contributed by atoms with Crippen LogP contribution in [0, 0.1) is 13.8 Å². The molecule has 1 aromatic heterocycles. The van der Waals surface area contributed by atoms with Gasteiger partial charge in [0.1, 0.15) is 11.6 Å². The fourth-order valence-electron chi connectivity index (χ4n) is 1.88. The highest BCUT2D eigenvalue weighted by Crippen LogP contribution is 2.26. The van der Waals surface area contributed by atoms with E-state index in [2.05, 4.69) is 31.2 Å². The fraction of sp³-hybridized carbons (Fsp3) is 0.286. The van der Waals surface area contributed by atoms with Crippen LogP contribution in [-0.4, -0.2) is 21.7 Å². The van der Waals surface area contributed by atoms with Crippen LogP contribution in [0.2, 0.25) is 0 Å². The van der Waals surface area contributed by atoms with Crippen molar-refractivity contribution in [2.75, 3.05) is 11.9 Å². The van der Waals surface area contributed by atoms with Gasteiger partial charge in [-0.1, -0.05) is 30.3 Å². The molecule has 5 heteroatoms. The van der Waals surface area contributed by atoms with Crippen molar-refractivity contribution in [2.45, 2.75) is 19.9 Å². The standard InChI is InChI=1S/C14H16BrN3O/c1-9-13(15)14(17-10(2)16-9)18-12(8-19)11-6-4-3-5-7-11/h3-7,12,19H,8H2,1-2H3,(H,16,17,18)/t12-/m1/s1. The highest BCUT2D eigenvalue weighted by molar-refractivity contribution is 9.10. The number of halogens is 1. The average molecular weight is 322 g/mol. The Morgan fingerprint density at radius 2 is 1.89 bits per heavy atom. The Morgan fingerprint density at radius 3 is 2.53 bits per heavy atom. The zero-order valence-corrected chi connectivity index (χ0v) is 12.5. The summed E-state index contributed by atoms with van der Waals surface area (Å²) in [6.07, 6.45) is 0. The van der Waals surface area contributed by atoms with Crippen LogP contribution in [-0.2, 0) is 0 Å². The fourth-order valence-corrected chi connectivity index (χ4v) is 2.17. The summed E-state index contributed by atoms with van der Waals surface area (Å²) in [5, 5.41) is 12.8. The van der Waals surface area contributed by atoms with Crippen molar-refractivity contribution in [3.63, 3.8) is 0 Å². The number of hydrogen-bond acceptors (Lipinski definition) is 4. The number of rotatable bonds is 4. The van der Waals surface area contributed by atoms with Crippen LogP contribution in [0.1, 0.15) is 23.1 Å². The topological polar surface area (TPSA) is 58.0 Å². The van der Waals surface area contributed by atoms with Gasteiger partial charge in [0.05, 0.1) is 22.8 Å². The summed E-state index contributed by atoms with van der Waals surface area (Å²) in [6, 6.07) is 9.61. The largest absolute Gasteiger partial charge is 0.394 e. The molecule has 0 unspecified atom stereocenters. The Labute approximate surface area is 121 Å². The van der Waals surface area contributed by atoms with Gasteiger partial charge >= 0.3 is 0 Å². The minimum atomic E-state index is -0.189. The summed E-state index contributed by atoms with van der Waals surface area (Å²) in [4.78, 5) is 8.65. The Hall–Kier alpha value is -1.46. The molecule has 1 heterocycles. The van der Waals surface area contributed by atoms with E-state index < -0.39 is 0 Å². The molecule has 2 rings (SSSR count). The van der Waals surface area contributed by atoms with Crippen molar-refractivity contribution in [3.8, 4) is 0 Å². The molecular formula is C14H16BrN3O. The zero-order valence-electron chi connectivity index (χ0n) is 10.9. The summed E-state index contributed by atoms with van der Waals surface area (Å²) in [5.74, 6) is 1.40. The Morgan fingerprint density at radius 1 is 1.21 bits per heavy atom. The molecule has 0 spiro atoms. The van der Waals surface area contributed by atoms with Gasteiger partial charge in [-0.15, -0.1) is 0 Å². The molecule has 19 heavy (non-hydrogen) atoms. The third-order valence-corrected chi connectivity index (χ3v) is 3.77. The highest BCUT2D eigenvalue weighted by atomic mass is 79.9. The van der Waals surface area contributed by atoms with Crippen molar-refractivity contribution in [1.29, 1.82) is 0 Å². The summed E-state index contributed by atoms with van der Waals surface area (Å²) in [6.45, 7) is 3.76. The first-order valence-electron chi connectivity index (χ1n) is 6.05. The number of aliphatic hydroxyl groups excluding tert-OH is 1. The Balaban J connectivity index is 2.29. The van der Waals surface area contributed by atoms with E-state index in [9.17, 15) is 5.11 Å². The van der Waals surface area contributed by atoms with Gasteiger partial charge in [0, 0.05) is 0 Å². The first kappa shape index (κ1) is 14.0. The van der Waals surface area contributed by atoms with Crippen molar-refractivity contribution in [2.24, 2.45) is 0 Å². The van der Waals surface area contributed by atoms with Gasteiger partial charge in [-0.25, -0.2) is 9.97 Å². The van der Waals surface area contributed by atoms with E-state index >= 15 is 0 Å². The molecule has 0 fully saturated rings. The van der Waals surface area contributed by atoms with E-state index in [-0.39, 0.29) is 12.6 Å². The van der Waals surface area contributed by atoms with Gasteiger partial charge in [-0.2, -0.15) is 0 Å². The van der Waals surface area contributed by atoms with Gasteiger partial charge in [0.2, 0.25) is 0 Å². The predicted molar refractivity (Wildman–Crippen MR) is 79.1 cm³/mol. The number of aryl methyl sites for hydroxylation is 2. The van der Waals surface area contributed by atoms with Crippen molar-refractivity contribution < 1.29 is 5.11 Å². The molecule has 0 bridgehead atoms. The van der Waals surface area contributed by atoms with E-state index in [1.807, 2.05) is 44.2 Å². The predicted octanol–water partition coefficient (Wildman–Crippen LogP) is 3.00. The zero-order chi connectivity index (χ0) is 13.8. The van der Waals surface area contributed by atoms with E-state index in [4.69, 9.17) is 0 Å². The van der Waals surface area contributed by atoms with Gasteiger partial charge in [0.15, 0.2) is 0 Å². The number of hydrogen-bond donors (Lipinski definition) is 2. The Kier molecular flexibility index (Phi) is 4.50. The second kappa shape index (κ2) is 6.12. The van der Waals surface area contributed by atoms with Gasteiger partial charge in [-0.3, -0.25) is 0 Å². The first-order valence-corrected chi connectivity index (χ1v) is 6.84. The normalized spacial score (nSPS) is 12.2. The minimum absolute atomic E-state index is 0.00144. The van der Waals surface area contributed by atoms with Crippen molar-refractivity contribution in [3.05, 3.63) is 51.9 Å². The number of nitrogens with zero attached hydrogens (tertiary/aromatic N) is 2. The maximum atomic E-state index is 9.55. The van der Waals surface area contributed by atoms with Crippen LogP contribution in [0.15, 0.2) is 34.8 Å². The van der Waals surface area contributed by atoms with Crippen LogP contribution in [0.4, 0.5) is 5.82 Å². The summed E-state index contributed by atoms with van der Waals surface area (Å²) < 4.78 is 0.826. The molecule has 4 nitrogen and oxygen atoms in total. The van der Waals surface area contributed by atoms with Crippen LogP contribution in [0.3, 0.4) is 0 Å². The molecule has 0 aliphatic rings. The van der Waals surface area contributed by atoms with E-state index in [0.717, 1.165) is 15.7 Å². The van der Waals surface area contributed by atoms with Crippen molar-refractivity contribution >= 4 is 21.7 Å². The van der Waals surface area contributed by atoms with E-state index in [0.29, 0.717) is 11.6 Å². The second-order valence-electron chi connectivity index (χ2n) is 4.31. The lowest BCUT2D eigenvalue weighted by Gasteiger charge is -2.19. The molecule has 0 aliphatic heterocycles. The van der Waals surface area contributed by atoms with Crippen LogP contribution >= 0.6 is 15.9 Å². The lowest BCUT2D eigenvalue weighted by atomic mass is 10.1. The molecule has 0 saturated carbocycles. The molecule has 2 aromatic rings. The van der Waals surface area contributed by atoms with Crippen LogP contribution in [0.25, 0.3) is 0 Å². The molecule has 100 valence electrons. The summed E-state index contributed by atoms with van der Waals surface area (Å²) in [7, 11) is 0.